The number of rotatable bonds is 6. The van der Waals surface area contributed by atoms with Crippen LogP contribution in [0.2, 0.25) is 0 Å². The van der Waals surface area contributed by atoms with Gasteiger partial charge >= 0.3 is 5.97 Å². The van der Waals surface area contributed by atoms with Crippen LogP contribution in [0.4, 0.5) is 0 Å². The van der Waals surface area contributed by atoms with Crippen molar-refractivity contribution in [1.29, 1.82) is 0 Å². The molecule has 0 amide bonds. The Bertz CT molecular complexity index is 887. The molecule has 132 valence electrons. The number of carbonyl (C=O) groups is 1. The maximum atomic E-state index is 12.2. The molecule has 0 saturated carbocycles. The van der Waals surface area contributed by atoms with Crippen molar-refractivity contribution >= 4 is 5.97 Å². The summed E-state index contributed by atoms with van der Waals surface area (Å²) in [6, 6.07) is 19.2. The van der Waals surface area contributed by atoms with Crippen LogP contribution in [0.25, 0.3) is 0 Å². The molecule has 1 aliphatic rings. The van der Waals surface area contributed by atoms with Gasteiger partial charge in [-0.1, -0.05) is 30.3 Å². The number of nitrogens with zero attached hydrogens (tertiary/aromatic N) is 1. The van der Waals surface area contributed by atoms with Gasteiger partial charge in [0.15, 0.2) is 6.23 Å². The average Bonchev–Trinajstić information content (AvgIpc) is 3.30. The smallest absolute Gasteiger partial charge is 0.340 e. The van der Waals surface area contributed by atoms with Gasteiger partial charge in [-0.2, -0.15) is 0 Å². The number of hydrogen-bond donors (Lipinski definition) is 0. The minimum Gasteiger partial charge on any atom is -0.497 e. The van der Waals surface area contributed by atoms with Crippen molar-refractivity contribution in [1.82, 2.24) is 4.90 Å². The molecule has 5 nitrogen and oxygen atoms in total. The van der Waals surface area contributed by atoms with Gasteiger partial charge in [-0.25, -0.2) is 4.79 Å². The Labute approximate surface area is 151 Å². The van der Waals surface area contributed by atoms with E-state index in [1.807, 2.05) is 54.6 Å². The molecule has 0 bridgehead atoms. The van der Waals surface area contributed by atoms with Gasteiger partial charge in [-0.3, -0.25) is 4.90 Å². The van der Waals surface area contributed by atoms with Crippen LogP contribution >= 0.6 is 0 Å². The molecule has 0 N–H and O–H groups in total. The molecule has 0 aliphatic carbocycles. The fraction of sp³-hybridized carbons (Fsp3) is 0.190. The van der Waals surface area contributed by atoms with Crippen molar-refractivity contribution in [2.75, 3.05) is 7.11 Å². The molecule has 3 aromatic rings. The van der Waals surface area contributed by atoms with E-state index < -0.39 is 6.23 Å². The van der Waals surface area contributed by atoms with Gasteiger partial charge in [0, 0.05) is 12.1 Å². The third kappa shape index (κ3) is 3.21. The predicted molar refractivity (Wildman–Crippen MR) is 95.5 cm³/mol. The molecule has 0 saturated heterocycles. The molecule has 4 rings (SSSR count). The largest absolute Gasteiger partial charge is 0.497 e. The molecule has 5 heteroatoms. The average molecular weight is 349 g/mol. The van der Waals surface area contributed by atoms with E-state index >= 15 is 0 Å². The summed E-state index contributed by atoms with van der Waals surface area (Å²) >= 11 is 0. The molecule has 2 heterocycles. The van der Waals surface area contributed by atoms with E-state index in [0.717, 1.165) is 22.6 Å². The van der Waals surface area contributed by atoms with Crippen molar-refractivity contribution in [3.8, 4) is 5.75 Å². The maximum absolute atomic E-state index is 12.2. The summed E-state index contributed by atoms with van der Waals surface area (Å²) in [7, 11) is 1.65. The lowest BCUT2D eigenvalue weighted by Gasteiger charge is -2.27. The highest BCUT2D eigenvalue weighted by Crippen LogP contribution is 2.35. The zero-order valence-electron chi connectivity index (χ0n) is 14.4. The molecule has 26 heavy (non-hydrogen) atoms. The normalized spacial score (nSPS) is 15.8. The van der Waals surface area contributed by atoms with Crippen LogP contribution in [0.15, 0.2) is 71.3 Å². The zero-order chi connectivity index (χ0) is 17.9. The minimum atomic E-state index is -0.439. The number of cyclic esters (lactones) is 1. The Morgan fingerprint density at radius 3 is 2.54 bits per heavy atom. The summed E-state index contributed by atoms with van der Waals surface area (Å²) in [6.45, 7) is 1.14. The fourth-order valence-electron chi connectivity index (χ4n) is 3.19. The van der Waals surface area contributed by atoms with Gasteiger partial charge in [-0.15, -0.1) is 0 Å². The molecule has 0 radical (unpaired) electrons. The first-order valence-corrected chi connectivity index (χ1v) is 8.44. The van der Waals surface area contributed by atoms with Crippen LogP contribution in [-0.2, 0) is 17.8 Å². The van der Waals surface area contributed by atoms with Gasteiger partial charge in [0.1, 0.15) is 11.5 Å². The van der Waals surface area contributed by atoms with Gasteiger partial charge < -0.3 is 13.9 Å². The molecule has 1 atom stereocenters. The van der Waals surface area contributed by atoms with Crippen LogP contribution in [0, 0.1) is 0 Å². The van der Waals surface area contributed by atoms with Gasteiger partial charge in [0.05, 0.1) is 25.5 Å². The second-order valence-corrected chi connectivity index (χ2v) is 6.18. The standard InChI is InChI=1S/C21H19NO4/c1-24-16-10-8-15(9-11-16)13-22(14-17-5-4-12-25-17)20-18-6-2-3-7-19(18)21(23)26-20/h2-12,20H,13-14H2,1H3. The Balaban J connectivity index is 1.63. The van der Waals surface area contributed by atoms with Crippen molar-refractivity contribution in [3.05, 3.63) is 89.4 Å². The summed E-state index contributed by atoms with van der Waals surface area (Å²) in [4.78, 5) is 14.3. The minimum absolute atomic E-state index is 0.287. The molecule has 1 aliphatic heterocycles. The molecular weight excluding hydrogens is 330 g/mol. The molecule has 2 aromatic carbocycles. The highest BCUT2D eigenvalue weighted by atomic mass is 16.6. The third-order valence-electron chi connectivity index (χ3n) is 4.48. The van der Waals surface area contributed by atoms with Crippen LogP contribution in [-0.4, -0.2) is 18.0 Å². The second kappa shape index (κ2) is 7.06. The summed E-state index contributed by atoms with van der Waals surface area (Å²) in [6.07, 6.45) is 1.21. The van der Waals surface area contributed by atoms with Crippen LogP contribution in [0.5, 0.6) is 5.75 Å². The Hall–Kier alpha value is -3.05. The molecule has 0 spiro atoms. The lowest BCUT2D eigenvalue weighted by Crippen LogP contribution is -2.28. The number of carbonyl (C=O) groups excluding carboxylic acids is 1. The van der Waals surface area contributed by atoms with Crippen LogP contribution < -0.4 is 4.74 Å². The van der Waals surface area contributed by atoms with E-state index in [4.69, 9.17) is 13.9 Å². The van der Waals surface area contributed by atoms with Crippen molar-refractivity contribution in [2.24, 2.45) is 0 Å². The summed E-state index contributed by atoms with van der Waals surface area (Å²) in [5.74, 6) is 1.34. The zero-order valence-corrected chi connectivity index (χ0v) is 14.4. The van der Waals surface area contributed by atoms with E-state index in [9.17, 15) is 4.79 Å². The van der Waals surface area contributed by atoms with E-state index in [1.165, 1.54) is 0 Å². The van der Waals surface area contributed by atoms with Gasteiger partial charge in [0.2, 0.25) is 0 Å². The maximum Gasteiger partial charge on any atom is 0.340 e. The Morgan fingerprint density at radius 2 is 1.81 bits per heavy atom. The van der Waals surface area contributed by atoms with E-state index in [1.54, 1.807) is 19.4 Å². The topological polar surface area (TPSA) is 51.9 Å². The second-order valence-electron chi connectivity index (χ2n) is 6.18. The van der Waals surface area contributed by atoms with E-state index in [2.05, 4.69) is 4.90 Å². The Morgan fingerprint density at radius 1 is 1.00 bits per heavy atom. The number of methoxy groups -OCH3 is 1. The number of benzene rings is 2. The number of fused-ring (bicyclic) bond motifs is 1. The highest BCUT2D eigenvalue weighted by Gasteiger charge is 2.35. The number of esters is 1. The van der Waals surface area contributed by atoms with Crippen molar-refractivity contribution < 1.29 is 18.7 Å². The van der Waals surface area contributed by atoms with Crippen molar-refractivity contribution in [3.63, 3.8) is 0 Å². The first kappa shape index (κ1) is 16.4. The molecule has 1 unspecified atom stereocenters. The van der Waals surface area contributed by atoms with Crippen LogP contribution in [0.3, 0.4) is 0 Å². The molecular formula is C21H19NO4. The lowest BCUT2D eigenvalue weighted by molar-refractivity contribution is -0.0335. The first-order valence-electron chi connectivity index (χ1n) is 8.44. The summed E-state index contributed by atoms with van der Waals surface area (Å²) in [5, 5.41) is 0. The monoisotopic (exact) mass is 349 g/mol. The highest BCUT2D eigenvalue weighted by molar-refractivity contribution is 5.93. The van der Waals surface area contributed by atoms with Crippen molar-refractivity contribution in [2.45, 2.75) is 19.3 Å². The molecule has 1 aromatic heterocycles. The van der Waals surface area contributed by atoms with Crippen LogP contribution in [0.1, 0.15) is 33.5 Å². The van der Waals surface area contributed by atoms with E-state index in [0.29, 0.717) is 18.7 Å². The van der Waals surface area contributed by atoms with Gasteiger partial charge in [-0.05, 0) is 35.9 Å². The summed E-state index contributed by atoms with van der Waals surface area (Å²) in [5.41, 5.74) is 2.60. The summed E-state index contributed by atoms with van der Waals surface area (Å²) < 4.78 is 16.4. The molecule has 0 fully saturated rings. The first-order chi connectivity index (χ1) is 12.7. The predicted octanol–water partition coefficient (Wildman–Crippen LogP) is 4.16. The SMILES string of the molecule is COc1ccc(CN(Cc2ccco2)C2OC(=O)c3ccccc32)cc1. The lowest BCUT2D eigenvalue weighted by atomic mass is 10.1. The number of ether oxygens (including phenoxy) is 2. The Kier molecular flexibility index (Phi) is 4.46. The fourth-order valence-corrected chi connectivity index (χ4v) is 3.19. The number of hydrogen-bond acceptors (Lipinski definition) is 5. The van der Waals surface area contributed by atoms with E-state index in [-0.39, 0.29) is 5.97 Å². The number of furan rings is 1. The quantitative estimate of drug-likeness (QED) is 0.626. The van der Waals surface area contributed by atoms with Gasteiger partial charge in [0.25, 0.3) is 0 Å². The third-order valence-corrected chi connectivity index (χ3v) is 4.48.